The van der Waals surface area contributed by atoms with Gasteiger partial charge in [-0.2, -0.15) is 0 Å². The van der Waals surface area contributed by atoms with Gasteiger partial charge in [0.2, 0.25) is 12.7 Å². The Balaban J connectivity index is 1.69. The SMILES string of the molecule is COCCOCC(=O)NCCC(=O)OCOC(=O)N1CCCC(NC(=O)c2cc(C)c(C)c(OC)c2)C1. The van der Waals surface area contributed by atoms with Crippen molar-refractivity contribution in [2.75, 3.05) is 60.5 Å². The number of piperidine rings is 1. The van der Waals surface area contributed by atoms with Crippen molar-refractivity contribution < 1.29 is 42.9 Å². The first-order chi connectivity index (χ1) is 17.7. The maximum absolute atomic E-state index is 12.8. The van der Waals surface area contributed by atoms with Crippen molar-refractivity contribution in [3.05, 3.63) is 28.8 Å². The van der Waals surface area contributed by atoms with Crippen LogP contribution in [0.25, 0.3) is 0 Å². The highest BCUT2D eigenvalue weighted by molar-refractivity contribution is 5.95. The van der Waals surface area contributed by atoms with E-state index in [1.54, 1.807) is 19.2 Å². The number of rotatable bonds is 13. The van der Waals surface area contributed by atoms with Gasteiger partial charge in [-0.25, -0.2) is 4.79 Å². The van der Waals surface area contributed by atoms with Crippen LogP contribution in [0.1, 0.15) is 40.7 Å². The molecule has 2 rings (SSSR count). The summed E-state index contributed by atoms with van der Waals surface area (Å²) in [5.41, 5.74) is 2.41. The van der Waals surface area contributed by atoms with E-state index in [0.717, 1.165) is 17.5 Å². The number of nitrogens with zero attached hydrogens (tertiary/aromatic N) is 1. The van der Waals surface area contributed by atoms with Crippen LogP contribution >= 0.6 is 0 Å². The fraction of sp³-hybridized carbons (Fsp3) is 0.600. The zero-order valence-electron chi connectivity index (χ0n) is 21.9. The van der Waals surface area contributed by atoms with Crippen molar-refractivity contribution >= 4 is 23.9 Å². The Kier molecular flexibility index (Phi) is 12.6. The van der Waals surface area contributed by atoms with E-state index in [1.807, 2.05) is 13.8 Å². The number of nitrogens with one attached hydrogen (secondary N) is 2. The van der Waals surface area contributed by atoms with Crippen LogP contribution in [-0.2, 0) is 28.5 Å². The highest BCUT2D eigenvalue weighted by Gasteiger charge is 2.26. The monoisotopic (exact) mass is 523 g/mol. The molecule has 206 valence electrons. The minimum atomic E-state index is -0.638. The molecule has 1 saturated heterocycles. The predicted molar refractivity (Wildman–Crippen MR) is 132 cm³/mol. The van der Waals surface area contributed by atoms with Crippen molar-refractivity contribution in [3.8, 4) is 5.75 Å². The lowest BCUT2D eigenvalue weighted by atomic mass is 10.0. The molecule has 1 aliphatic rings. The predicted octanol–water partition coefficient (Wildman–Crippen LogP) is 1.31. The summed E-state index contributed by atoms with van der Waals surface area (Å²) in [6, 6.07) is 3.26. The van der Waals surface area contributed by atoms with Crippen LogP contribution in [0.5, 0.6) is 5.75 Å². The number of aryl methyl sites for hydroxylation is 1. The lowest BCUT2D eigenvalue weighted by Crippen LogP contribution is -2.49. The summed E-state index contributed by atoms with van der Waals surface area (Å²) < 4.78 is 25.2. The average molecular weight is 524 g/mol. The number of ether oxygens (including phenoxy) is 5. The van der Waals surface area contributed by atoms with Crippen molar-refractivity contribution in [3.63, 3.8) is 0 Å². The summed E-state index contributed by atoms with van der Waals surface area (Å²) in [5, 5.41) is 5.49. The molecule has 0 saturated carbocycles. The molecule has 1 atom stereocenters. The normalized spacial score (nSPS) is 15.0. The molecule has 12 nitrogen and oxygen atoms in total. The van der Waals surface area contributed by atoms with Crippen LogP contribution in [-0.4, -0.2) is 95.3 Å². The molecule has 37 heavy (non-hydrogen) atoms. The first-order valence-electron chi connectivity index (χ1n) is 12.1. The third-order valence-electron chi connectivity index (χ3n) is 5.84. The molecule has 0 bridgehead atoms. The largest absolute Gasteiger partial charge is 0.496 e. The van der Waals surface area contributed by atoms with E-state index in [-0.39, 0.29) is 44.0 Å². The first kappa shape index (κ1) is 29.8. The quantitative estimate of drug-likeness (QED) is 0.222. The summed E-state index contributed by atoms with van der Waals surface area (Å²) in [6.07, 6.45) is 0.685. The van der Waals surface area contributed by atoms with E-state index in [0.29, 0.717) is 37.5 Å². The van der Waals surface area contributed by atoms with Crippen molar-refractivity contribution in [1.82, 2.24) is 15.5 Å². The van der Waals surface area contributed by atoms with E-state index in [1.165, 1.54) is 12.0 Å². The summed E-state index contributed by atoms with van der Waals surface area (Å²) >= 11 is 0. The van der Waals surface area contributed by atoms with Gasteiger partial charge in [-0.15, -0.1) is 0 Å². The minimum absolute atomic E-state index is 0.0686. The Morgan fingerprint density at radius 2 is 1.86 bits per heavy atom. The van der Waals surface area contributed by atoms with Gasteiger partial charge >= 0.3 is 12.1 Å². The van der Waals surface area contributed by atoms with Crippen LogP contribution in [0.3, 0.4) is 0 Å². The lowest BCUT2D eigenvalue weighted by Gasteiger charge is -2.32. The van der Waals surface area contributed by atoms with Gasteiger partial charge in [-0.1, -0.05) is 0 Å². The molecule has 0 aromatic heterocycles. The van der Waals surface area contributed by atoms with Gasteiger partial charge in [0.1, 0.15) is 12.4 Å². The van der Waals surface area contributed by atoms with Gasteiger partial charge < -0.3 is 39.2 Å². The summed E-state index contributed by atoms with van der Waals surface area (Å²) in [5.74, 6) is -0.591. The zero-order valence-corrected chi connectivity index (χ0v) is 21.9. The molecule has 1 unspecified atom stereocenters. The van der Waals surface area contributed by atoms with Gasteiger partial charge in [-0.05, 0) is 49.9 Å². The molecule has 0 aliphatic carbocycles. The maximum atomic E-state index is 12.8. The number of esters is 1. The molecule has 1 aliphatic heterocycles. The highest BCUT2D eigenvalue weighted by atomic mass is 16.7. The van der Waals surface area contributed by atoms with E-state index >= 15 is 0 Å². The van der Waals surface area contributed by atoms with Gasteiger partial charge in [0, 0.05) is 38.3 Å². The average Bonchev–Trinajstić information content (AvgIpc) is 2.88. The first-order valence-corrected chi connectivity index (χ1v) is 12.1. The van der Waals surface area contributed by atoms with E-state index in [4.69, 9.17) is 23.7 Å². The third kappa shape index (κ3) is 10.3. The topological polar surface area (TPSA) is 142 Å². The van der Waals surface area contributed by atoms with E-state index in [9.17, 15) is 19.2 Å². The smallest absolute Gasteiger partial charge is 0.412 e. The third-order valence-corrected chi connectivity index (χ3v) is 5.84. The molecule has 2 N–H and O–H groups in total. The number of methoxy groups -OCH3 is 2. The second kappa shape index (κ2) is 15.7. The molecule has 1 fully saturated rings. The summed E-state index contributed by atoms with van der Waals surface area (Å²) in [6.45, 7) is 4.66. The zero-order chi connectivity index (χ0) is 27.2. The standard InChI is InChI=1S/C25H37N3O9/c1-17-12-19(13-21(34-4)18(17)2)24(31)27-20-6-5-9-28(14-20)25(32)37-16-36-23(30)7-8-26-22(29)15-35-11-10-33-3/h12-13,20H,5-11,14-16H2,1-4H3,(H,26,29)(H,27,31). The number of carbonyl (C=O) groups excluding carboxylic acids is 4. The number of carbonyl (C=O) groups is 4. The fourth-order valence-electron chi connectivity index (χ4n) is 3.67. The maximum Gasteiger partial charge on any atom is 0.412 e. The van der Waals surface area contributed by atoms with Crippen molar-refractivity contribution in [1.29, 1.82) is 0 Å². The van der Waals surface area contributed by atoms with Crippen LogP contribution in [0, 0.1) is 13.8 Å². The van der Waals surface area contributed by atoms with Crippen LogP contribution < -0.4 is 15.4 Å². The number of hydrogen-bond acceptors (Lipinski definition) is 9. The lowest BCUT2D eigenvalue weighted by molar-refractivity contribution is -0.152. The molecular weight excluding hydrogens is 486 g/mol. The molecular formula is C25H37N3O9. The molecule has 3 amide bonds. The molecule has 1 heterocycles. The van der Waals surface area contributed by atoms with Crippen molar-refractivity contribution in [2.24, 2.45) is 0 Å². The molecule has 12 heteroatoms. The van der Waals surface area contributed by atoms with Crippen molar-refractivity contribution in [2.45, 2.75) is 39.2 Å². The summed E-state index contributed by atoms with van der Waals surface area (Å²) in [4.78, 5) is 50.0. The van der Waals surface area contributed by atoms with Gasteiger partial charge in [-0.3, -0.25) is 14.4 Å². The van der Waals surface area contributed by atoms with Crippen LogP contribution in [0.2, 0.25) is 0 Å². The van der Waals surface area contributed by atoms with E-state index < -0.39 is 18.9 Å². The second-order valence-corrected chi connectivity index (χ2v) is 8.57. The highest BCUT2D eigenvalue weighted by Crippen LogP contribution is 2.23. The van der Waals surface area contributed by atoms with Crippen LogP contribution in [0.15, 0.2) is 12.1 Å². The number of likely N-dealkylation sites (tertiary alicyclic amines) is 1. The Morgan fingerprint density at radius 1 is 1.08 bits per heavy atom. The van der Waals surface area contributed by atoms with Crippen LogP contribution in [0.4, 0.5) is 4.79 Å². The number of hydrogen-bond donors (Lipinski definition) is 2. The second-order valence-electron chi connectivity index (χ2n) is 8.57. The Hall–Kier alpha value is -3.38. The Bertz CT molecular complexity index is 938. The molecule has 1 aromatic carbocycles. The molecule has 0 radical (unpaired) electrons. The minimum Gasteiger partial charge on any atom is -0.496 e. The van der Waals surface area contributed by atoms with Gasteiger partial charge in [0.15, 0.2) is 0 Å². The van der Waals surface area contributed by atoms with Gasteiger partial charge in [0.05, 0.1) is 26.7 Å². The number of benzene rings is 1. The molecule has 1 aromatic rings. The Labute approximate surface area is 216 Å². The molecule has 0 spiro atoms. The Morgan fingerprint density at radius 3 is 2.59 bits per heavy atom. The number of amides is 3. The fourth-order valence-corrected chi connectivity index (χ4v) is 3.67. The summed E-state index contributed by atoms with van der Waals surface area (Å²) in [7, 11) is 3.09. The van der Waals surface area contributed by atoms with Gasteiger partial charge in [0.25, 0.3) is 5.91 Å². The van der Waals surface area contributed by atoms with E-state index in [2.05, 4.69) is 10.6 Å².